The summed E-state index contributed by atoms with van der Waals surface area (Å²) >= 11 is 0. The standard InChI is InChI=1S/C22H26N2O4S/c1-4-19(17-12-11-15(2)16(3)14-17)23-21(25)10-7-13-24-22(26)18-8-5-6-9-20(18)29(24,27)28/h5-6,8-9,11-12,14,19H,4,7,10,13H2,1-3H3,(H,23,25). The number of nitrogens with zero attached hydrogens (tertiary/aromatic N) is 1. The zero-order chi connectivity index (χ0) is 21.2. The first-order valence-electron chi connectivity index (χ1n) is 9.78. The van der Waals surface area contributed by atoms with E-state index in [2.05, 4.69) is 11.4 Å². The zero-order valence-corrected chi connectivity index (χ0v) is 17.8. The van der Waals surface area contributed by atoms with E-state index >= 15 is 0 Å². The fourth-order valence-corrected chi connectivity index (χ4v) is 5.11. The van der Waals surface area contributed by atoms with Crippen molar-refractivity contribution >= 4 is 21.8 Å². The maximum Gasteiger partial charge on any atom is 0.269 e. The van der Waals surface area contributed by atoms with Gasteiger partial charge >= 0.3 is 0 Å². The second-order valence-electron chi connectivity index (χ2n) is 7.35. The number of aryl methyl sites for hydroxylation is 2. The fraction of sp³-hybridized carbons (Fsp3) is 0.364. The smallest absolute Gasteiger partial charge is 0.269 e. The Hall–Kier alpha value is -2.67. The van der Waals surface area contributed by atoms with E-state index in [0.717, 1.165) is 16.3 Å². The minimum absolute atomic E-state index is 0.0102. The molecular weight excluding hydrogens is 388 g/mol. The predicted octanol–water partition coefficient (Wildman–Crippen LogP) is 3.50. The van der Waals surface area contributed by atoms with E-state index in [-0.39, 0.29) is 41.8 Å². The lowest BCUT2D eigenvalue weighted by atomic mass is 9.99. The molecule has 29 heavy (non-hydrogen) atoms. The van der Waals surface area contributed by atoms with Crippen LogP contribution >= 0.6 is 0 Å². The number of benzene rings is 2. The quantitative estimate of drug-likeness (QED) is 0.752. The Morgan fingerprint density at radius 3 is 2.48 bits per heavy atom. The molecule has 7 heteroatoms. The van der Waals surface area contributed by atoms with Gasteiger partial charge in [-0.1, -0.05) is 37.3 Å². The van der Waals surface area contributed by atoms with Crippen LogP contribution in [-0.4, -0.2) is 31.1 Å². The highest BCUT2D eigenvalue weighted by Crippen LogP contribution is 2.30. The van der Waals surface area contributed by atoms with E-state index in [1.165, 1.54) is 23.3 Å². The molecule has 0 fully saturated rings. The first-order chi connectivity index (χ1) is 13.8. The molecular formula is C22H26N2O4S. The molecule has 154 valence electrons. The average Bonchev–Trinajstić information content (AvgIpc) is 2.89. The van der Waals surface area contributed by atoms with Gasteiger partial charge in [-0.25, -0.2) is 12.7 Å². The second kappa shape index (κ2) is 8.37. The first-order valence-corrected chi connectivity index (χ1v) is 11.2. The highest BCUT2D eigenvalue weighted by Gasteiger charge is 2.40. The summed E-state index contributed by atoms with van der Waals surface area (Å²) in [4.78, 5) is 24.8. The van der Waals surface area contributed by atoms with Crippen LogP contribution in [-0.2, 0) is 14.8 Å². The summed E-state index contributed by atoms with van der Waals surface area (Å²) < 4.78 is 26.0. The van der Waals surface area contributed by atoms with Gasteiger partial charge in [0.25, 0.3) is 15.9 Å². The summed E-state index contributed by atoms with van der Waals surface area (Å²) in [6, 6.07) is 12.2. The SMILES string of the molecule is CCC(NC(=O)CCCN1C(=O)c2ccccc2S1(=O)=O)c1ccc(C)c(C)c1. The lowest BCUT2D eigenvalue weighted by Crippen LogP contribution is -2.33. The van der Waals surface area contributed by atoms with Gasteiger partial charge in [-0.05, 0) is 55.5 Å². The topological polar surface area (TPSA) is 83.6 Å². The lowest BCUT2D eigenvalue weighted by molar-refractivity contribution is -0.122. The molecule has 0 saturated carbocycles. The number of sulfonamides is 1. The number of rotatable bonds is 7. The van der Waals surface area contributed by atoms with Crippen molar-refractivity contribution in [1.29, 1.82) is 0 Å². The van der Waals surface area contributed by atoms with Gasteiger partial charge in [0.15, 0.2) is 0 Å². The van der Waals surface area contributed by atoms with Gasteiger partial charge in [-0.3, -0.25) is 9.59 Å². The van der Waals surface area contributed by atoms with Crippen molar-refractivity contribution in [3.8, 4) is 0 Å². The first kappa shape index (κ1) is 21.0. The molecule has 1 aliphatic rings. The molecule has 2 aromatic rings. The summed E-state index contributed by atoms with van der Waals surface area (Å²) in [6.07, 6.45) is 1.17. The Morgan fingerprint density at radius 1 is 1.10 bits per heavy atom. The second-order valence-corrected chi connectivity index (χ2v) is 9.18. The van der Waals surface area contributed by atoms with Gasteiger partial charge in [0.2, 0.25) is 5.91 Å². The molecule has 2 amide bonds. The van der Waals surface area contributed by atoms with E-state index in [1.54, 1.807) is 12.1 Å². The largest absolute Gasteiger partial charge is 0.349 e. The van der Waals surface area contributed by atoms with Gasteiger partial charge in [-0.15, -0.1) is 0 Å². The minimum Gasteiger partial charge on any atom is -0.349 e. The summed E-state index contributed by atoms with van der Waals surface area (Å²) in [5.74, 6) is -0.681. The van der Waals surface area contributed by atoms with Crippen molar-refractivity contribution in [2.75, 3.05) is 6.54 Å². The lowest BCUT2D eigenvalue weighted by Gasteiger charge is -2.19. The maximum absolute atomic E-state index is 12.5. The van der Waals surface area contributed by atoms with E-state index < -0.39 is 15.9 Å². The fourth-order valence-electron chi connectivity index (χ4n) is 3.50. The Bertz CT molecular complexity index is 1050. The van der Waals surface area contributed by atoms with Crippen LogP contribution in [0.15, 0.2) is 47.4 Å². The van der Waals surface area contributed by atoms with Gasteiger partial charge in [0, 0.05) is 13.0 Å². The van der Waals surface area contributed by atoms with Crippen molar-refractivity contribution in [3.05, 3.63) is 64.7 Å². The monoisotopic (exact) mass is 414 g/mol. The van der Waals surface area contributed by atoms with E-state index in [0.29, 0.717) is 0 Å². The Kier molecular flexibility index (Phi) is 6.07. The molecule has 1 N–H and O–H groups in total. The molecule has 2 aromatic carbocycles. The summed E-state index contributed by atoms with van der Waals surface area (Å²) in [6.45, 7) is 6.08. The van der Waals surface area contributed by atoms with Gasteiger partial charge in [0.05, 0.1) is 11.6 Å². The molecule has 1 atom stereocenters. The van der Waals surface area contributed by atoms with Crippen LogP contribution in [0.2, 0.25) is 0 Å². The molecule has 0 bridgehead atoms. The van der Waals surface area contributed by atoms with Crippen LogP contribution in [0.5, 0.6) is 0 Å². The molecule has 0 aromatic heterocycles. The summed E-state index contributed by atoms with van der Waals surface area (Å²) in [7, 11) is -3.82. The highest BCUT2D eigenvalue weighted by atomic mass is 32.2. The van der Waals surface area contributed by atoms with Crippen molar-refractivity contribution < 1.29 is 18.0 Å². The highest BCUT2D eigenvalue weighted by molar-refractivity contribution is 7.90. The van der Waals surface area contributed by atoms with Crippen molar-refractivity contribution in [3.63, 3.8) is 0 Å². The number of carbonyl (C=O) groups is 2. The van der Waals surface area contributed by atoms with Crippen LogP contribution in [0.3, 0.4) is 0 Å². The zero-order valence-electron chi connectivity index (χ0n) is 16.9. The third kappa shape index (κ3) is 4.19. The van der Waals surface area contributed by atoms with E-state index in [9.17, 15) is 18.0 Å². The molecule has 1 unspecified atom stereocenters. The molecule has 0 aliphatic carbocycles. The predicted molar refractivity (Wildman–Crippen MR) is 111 cm³/mol. The number of hydrogen-bond donors (Lipinski definition) is 1. The molecule has 0 radical (unpaired) electrons. The number of carbonyl (C=O) groups excluding carboxylic acids is 2. The summed E-state index contributed by atoms with van der Waals surface area (Å²) in [5, 5.41) is 3.01. The van der Waals surface area contributed by atoms with Crippen LogP contribution < -0.4 is 5.32 Å². The van der Waals surface area contributed by atoms with Gasteiger partial charge < -0.3 is 5.32 Å². The number of hydrogen-bond acceptors (Lipinski definition) is 4. The Balaban J connectivity index is 1.58. The molecule has 3 rings (SSSR count). The third-order valence-electron chi connectivity index (χ3n) is 5.35. The molecule has 1 heterocycles. The van der Waals surface area contributed by atoms with Crippen LogP contribution in [0.4, 0.5) is 0 Å². The number of amides is 2. The van der Waals surface area contributed by atoms with Crippen molar-refractivity contribution in [2.24, 2.45) is 0 Å². The third-order valence-corrected chi connectivity index (χ3v) is 7.19. The van der Waals surface area contributed by atoms with E-state index in [4.69, 9.17) is 0 Å². The van der Waals surface area contributed by atoms with Crippen molar-refractivity contribution in [1.82, 2.24) is 9.62 Å². The molecule has 0 spiro atoms. The Morgan fingerprint density at radius 2 is 1.83 bits per heavy atom. The van der Waals surface area contributed by atoms with Gasteiger partial charge in [0.1, 0.15) is 4.90 Å². The van der Waals surface area contributed by atoms with E-state index in [1.807, 2.05) is 32.9 Å². The average molecular weight is 415 g/mol. The summed E-state index contributed by atoms with van der Waals surface area (Å²) in [5.41, 5.74) is 3.62. The van der Waals surface area contributed by atoms with Crippen LogP contribution in [0.1, 0.15) is 59.3 Å². The molecule has 0 saturated heterocycles. The normalized spacial score (nSPS) is 15.8. The van der Waals surface area contributed by atoms with Crippen LogP contribution in [0, 0.1) is 13.8 Å². The van der Waals surface area contributed by atoms with Gasteiger partial charge in [-0.2, -0.15) is 0 Å². The Labute approximate surface area is 172 Å². The number of nitrogens with one attached hydrogen (secondary N) is 1. The minimum atomic E-state index is -3.82. The maximum atomic E-state index is 12.5. The molecule has 6 nitrogen and oxygen atoms in total. The van der Waals surface area contributed by atoms with Crippen LogP contribution in [0.25, 0.3) is 0 Å². The molecule has 1 aliphatic heterocycles. The van der Waals surface area contributed by atoms with Crippen molar-refractivity contribution in [2.45, 2.75) is 51.0 Å². The number of fused-ring (bicyclic) bond motifs is 1.